The van der Waals surface area contributed by atoms with Crippen molar-refractivity contribution in [3.63, 3.8) is 0 Å². The van der Waals surface area contributed by atoms with Gasteiger partial charge in [0.1, 0.15) is 5.75 Å². The maximum Gasteiger partial charge on any atom is 0.317 e. The average Bonchev–Trinajstić information content (AvgIpc) is 2.36. The first kappa shape index (κ1) is 14.5. The van der Waals surface area contributed by atoms with Gasteiger partial charge in [-0.2, -0.15) is 0 Å². The molecule has 0 saturated carbocycles. The standard InChI is InChI=1S/C14H21NO3/c1-4-11(2)15(10-14(16)17)9-12-6-5-7-13(8-12)18-3/h5-8,11H,4,9-10H2,1-3H3,(H,16,17). The zero-order valence-corrected chi connectivity index (χ0v) is 11.2. The number of hydrogen-bond acceptors (Lipinski definition) is 3. The highest BCUT2D eigenvalue weighted by Crippen LogP contribution is 2.16. The molecule has 1 N–H and O–H groups in total. The van der Waals surface area contributed by atoms with Gasteiger partial charge in [0, 0.05) is 12.6 Å². The second kappa shape index (κ2) is 7.01. The molecular weight excluding hydrogens is 230 g/mol. The normalized spacial score (nSPS) is 12.4. The minimum absolute atomic E-state index is 0.0617. The fraction of sp³-hybridized carbons (Fsp3) is 0.500. The lowest BCUT2D eigenvalue weighted by Crippen LogP contribution is -2.36. The second-order valence-corrected chi connectivity index (χ2v) is 4.41. The lowest BCUT2D eigenvalue weighted by molar-refractivity contribution is -0.139. The van der Waals surface area contributed by atoms with Gasteiger partial charge in [-0.15, -0.1) is 0 Å². The molecule has 1 aromatic carbocycles. The molecule has 1 aromatic rings. The Bertz CT molecular complexity index is 392. The van der Waals surface area contributed by atoms with E-state index in [-0.39, 0.29) is 12.6 Å². The lowest BCUT2D eigenvalue weighted by Gasteiger charge is -2.26. The Kier molecular flexibility index (Phi) is 5.65. The number of aliphatic carboxylic acids is 1. The Morgan fingerprint density at radius 1 is 1.50 bits per heavy atom. The van der Waals surface area contributed by atoms with Crippen LogP contribution in [0.5, 0.6) is 5.75 Å². The van der Waals surface area contributed by atoms with E-state index in [2.05, 4.69) is 6.92 Å². The van der Waals surface area contributed by atoms with E-state index in [1.54, 1.807) is 7.11 Å². The molecule has 1 unspecified atom stereocenters. The molecule has 0 aliphatic carbocycles. The van der Waals surface area contributed by atoms with Gasteiger partial charge in [0.25, 0.3) is 0 Å². The van der Waals surface area contributed by atoms with Gasteiger partial charge in [0.05, 0.1) is 13.7 Å². The summed E-state index contributed by atoms with van der Waals surface area (Å²) in [6.45, 7) is 4.79. The number of methoxy groups -OCH3 is 1. The van der Waals surface area contributed by atoms with E-state index in [4.69, 9.17) is 9.84 Å². The van der Waals surface area contributed by atoms with Crippen LogP contribution < -0.4 is 4.74 Å². The second-order valence-electron chi connectivity index (χ2n) is 4.41. The molecule has 1 atom stereocenters. The van der Waals surface area contributed by atoms with E-state index in [0.29, 0.717) is 6.54 Å². The molecule has 0 aliphatic heterocycles. The Morgan fingerprint density at radius 3 is 2.78 bits per heavy atom. The third kappa shape index (κ3) is 4.37. The number of benzene rings is 1. The number of carboxylic acids is 1. The van der Waals surface area contributed by atoms with Gasteiger partial charge in [-0.05, 0) is 31.0 Å². The maximum absolute atomic E-state index is 10.9. The van der Waals surface area contributed by atoms with Crippen molar-refractivity contribution < 1.29 is 14.6 Å². The van der Waals surface area contributed by atoms with Crippen LogP contribution in [0.3, 0.4) is 0 Å². The fourth-order valence-corrected chi connectivity index (χ4v) is 1.80. The van der Waals surface area contributed by atoms with Gasteiger partial charge >= 0.3 is 5.97 Å². The summed E-state index contributed by atoms with van der Waals surface area (Å²) < 4.78 is 5.17. The fourth-order valence-electron chi connectivity index (χ4n) is 1.80. The van der Waals surface area contributed by atoms with E-state index in [1.165, 1.54) is 0 Å². The van der Waals surface area contributed by atoms with Gasteiger partial charge in [-0.25, -0.2) is 0 Å². The van der Waals surface area contributed by atoms with Gasteiger partial charge in [-0.1, -0.05) is 19.1 Å². The van der Waals surface area contributed by atoms with Crippen molar-refractivity contribution >= 4 is 5.97 Å². The molecule has 100 valence electrons. The van der Waals surface area contributed by atoms with Crippen molar-refractivity contribution in [2.75, 3.05) is 13.7 Å². The summed E-state index contributed by atoms with van der Waals surface area (Å²) in [4.78, 5) is 12.8. The van der Waals surface area contributed by atoms with E-state index in [9.17, 15) is 4.79 Å². The van der Waals surface area contributed by atoms with E-state index < -0.39 is 5.97 Å². The molecule has 0 heterocycles. The zero-order chi connectivity index (χ0) is 13.5. The van der Waals surface area contributed by atoms with Crippen LogP contribution in [-0.2, 0) is 11.3 Å². The molecule has 0 fully saturated rings. The van der Waals surface area contributed by atoms with Crippen LogP contribution >= 0.6 is 0 Å². The highest BCUT2D eigenvalue weighted by Gasteiger charge is 2.15. The SMILES string of the molecule is CCC(C)N(CC(=O)O)Cc1cccc(OC)c1. The van der Waals surface area contributed by atoms with Crippen LogP contribution in [0.1, 0.15) is 25.8 Å². The number of carboxylic acid groups (broad SMARTS) is 1. The molecule has 0 bridgehead atoms. The maximum atomic E-state index is 10.9. The summed E-state index contributed by atoms with van der Waals surface area (Å²) in [7, 11) is 1.63. The van der Waals surface area contributed by atoms with Gasteiger partial charge < -0.3 is 9.84 Å². The first-order valence-corrected chi connectivity index (χ1v) is 6.15. The molecular formula is C14H21NO3. The Hall–Kier alpha value is -1.55. The summed E-state index contributed by atoms with van der Waals surface area (Å²) in [5, 5.41) is 8.94. The van der Waals surface area contributed by atoms with Crippen molar-refractivity contribution in [2.45, 2.75) is 32.9 Å². The topological polar surface area (TPSA) is 49.8 Å². The Morgan fingerprint density at radius 2 is 2.22 bits per heavy atom. The van der Waals surface area contributed by atoms with E-state index in [0.717, 1.165) is 17.7 Å². The molecule has 4 heteroatoms. The van der Waals surface area contributed by atoms with Crippen LogP contribution in [0.2, 0.25) is 0 Å². The number of hydrogen-bond donors (Lipinski definition) is 1. The Balaban J connectivity index is 2.77. The van der Waals surface area contributed by atoms with Gasteiger partial charge in [0.2, 0.25) is 0 Å². The van der Waals surface area contributed by atoms with Crippen molar-refractivity contribution in [2.24, 2.45) is 0 Å². The van der Waals surface area contributed by atoms with Crippen LogP contribution in [0.25, 0.3) is 0 Å². The molecule has 0 radical (unpaired) electrons. The summed E-state index contributed by atoms with van der Waals surface area (Å²) in [5.41, 5.74) is 1.07. The zero-order valence-electron chi connectivity index (χ0n) is 11.2. The Labute approximate surface area is 108 Å². The van der Waals surface area contributed by atoms with Gasteiger partial charge in [-0.3, -0.25) is 9.69 Å². The quantitative estimate of drug-likeness (QED) is 0.808. The van der Waals surface area contributed by atoms with Crippen molar-refractivity contribution in [1.82, 2.24) is 4.90 Å². The molecule has 0 saturated heterocycles. The van der Waals surface area contributed by atoms with E-state index >= 15 is 0 Å². The highest BCUT2D eigenvalue weighted by atomic mass is 16.5. The average molecular weight is 251 g/mol. The number of carbonyl (C=O) groups is 1. The summed E-state index contributed by atoms with van der Waals surface area (Å²) >= 11 is 0. The summed E-state index contributed by atoms with van der Waals surface area (Å²) in [5.74, 6) is 0.00474. The first-order valence-electron chi connectivity index (χ1n) is 6.15. The molecule has 0 aliphatic rings. The summed E-state index contributed by atoms with van der Waals surface area (Å²) in [6.07, 6.45) is 0.928. The van der Waals surface area contributed by atoms with Crippen molar-refractivity contribution in [3.8, 4) is 5.75 Å². The van der Waals surface area contributed by atoms with E-state index in [1.807, 2.05) is 36.1 Å². The summed E-state index contributed by atoms with van der Waals surface area (Å²) in [6, 6.07) is 7.97. The van der Waals surface area contributed by atoms with Crippen LogP contribution in [0.15, 0.2) is 24.3 Å². The first-order chi connectivity index (χ1) is 8.56. The minimum Gasteiger partial charge on any atom is -0.497 e. The monoisotopic (exact) mass is 251 g/mol. The predicted octanol–water partition coefficient (Wildman–Crippen LogP) is 2.38. The molecule has 0 spiro atoms. The predicted molar refractivity (Wildman–Crippen MR) is 70.8 cm³/mol. The van der Waals surface area contributed by atoms with Crippen molar-refractivity contribution in [3.05, 3.63) is 29.8 Å². The van der Waals surface area contributed by atoms with Crippen LogP contribution in [-0.4, -0.2) is 35.7 Å². The highest BCUT2D eigenvalue weighted by molar-refractivity contribution is 5.69. The molecule has 0 aromatic heterocycles. The van der Waals surface area contributed by atoms with Crippen molar-refractivity contribution in [1.29, 1.82) is 0 Å². The lowest BCUT2D eigenvalue weighted by atomic mass is 10.1. The van der Waals surface area contributed by atoms with Gasteiger partial charge in [0.15, 0.2) is 0 Å². The molecule has 0 amide bonds. The third-order valence-corrected chi connectivity index (χ3v) is 3.07. The number of ether oxygens (including phenoxy) is 1. The smallest absolute Gasteiger partial charge is 0.317 e. The largest absolute Gasteiger partial charge is 0.497 e. The van der Waals surface area contributed by atoms with Crippen LogP contribution in [0, 0.1) is 0 Å². The minimum atomic E-state index is -0.793. The molecule has 1 rings (SSSR count). The molecule has 18 heavy (non-hydrogen) atoms. The number of rotatable bonds is 7. The third-order valence-electron chi connectivity index (χ3n) is 3.07. The van der Waals surface area contributed by atoms with Crippen LogP contribution in [0.4, 0.5) is 0 Å². The molecule has 4 nitrogen and oxygen atoms in total. The number of nitrogens with zero attached hydrogens (tertiary/aromatic N) is 1.